The number of hydrogen-bond donors (Lipinski definition) is 0. The average Bonchev–Trinajstić information content (AvgIpc) is 3.05. The summed E-state index contributed by atoms with van der Waals surface area (Å²) in [5, 5.41) is 12.0. The van der Waals surface area contributed by atoms with Crippen molar-refractivity contribution in [3.63, 3.8) is 0 Å². The molecule has 2 nitrogen and oxygen atoms in total. The van der Waals surface area contributed by atoms with Gasteiger partial charge in [-0.25, -0.2) is 9.37 Å². The van der Waals surface area contributed by atoms with Gasteiger partial charge in [-0.2, -0.15) is 5.26 Å². The molecule has 1 heterocycles. The summed E-state index contributed by atoms with van der Waals surface area (Å²) < 4.78 is 13.0. The Hall–Kier alpha value is -2.77. The first kappa shape index (κ1) is 15.1. The summed E-state index contributed by atoms with van der Waals surface area (Å²) in [7, 11) is 0. The molecule has 0 spiro atoms. The summed E-state index contributed by atoms with van der Waals surface area (Å²) in [4.78, 5) is 4.55. The molecular formula is C19H13FN2S. The molecule has 0 bridgehead atoms. The fraction of sp³-hybridized carbons (Fsp3) is 0.0526. The Morgan fingerprint density at radius 1 is 1.13 bits per heavy atom. The quantitative estimate of drug-likeness (QED) is 0.612. The fourth-order valence-electron chi connectivity index (χ4n) is 2.12. The van der Waals surface area contributed by atoms with Crippen LogP contribution in [0.2, 0.25) is 0 Å². The Morgan fingerprint density at radius 2 is 1.83 bits per heavy atom. The van der Waals surface area contributed by atoms with Crippen molar-refractivity contribution in [3.05, 3.63) is 75.9 Å². The third-order valence-corrected chi connectivity index (χ3v) is 4.26. The molecule has 0 saturated carbocycles. The van der Waals surface area contributed by atoms with Gasteiger partial charge in [0.1, 0.15) is 16.9 Å². The van der Waals surface area contributed by atoms with Crippen LogP contribution in [0.1, 0.15) is 16.1 Å². The molecule has 3 aromatic rings. The van der Waals surface area contributed by atoms with Crippen LogP contribution in [0.3, 0.4) is 0 Å². The third kappa shape index (κ3) is 3.53. The summed E-state index contributed by atoms with van der Waals surface area (Å²) in [5.41, 5.74) is 4.32. The minimum absolute atomic E-state index is 0.295. The Labute approximate surface area is 138 Å². The molecule has 0 aliphatic heterocycles. The maximum absolute atomic E-state index is 13.0. The lowest BCUT2D eigenvalue weighted by atomic mass is 10.1. The van der Waals surface area contributed by atoms with Gasteiger partial charge in [0.2, 0.25) is 0 Å². The van der Waals surface area contributed by atoms with Gasteiger partial charge < -0.3 is 0 Å². The zero-order valence-electron chi connectivity index (χ0n) is 12.5. The Bertz CT molecular complexity index is 884. The maximum atomic E-state index is 13.0. The van der Waals surface area contributed by atoms with Gasteiger partial charge in [-0.3, -0.25) is 0 Å². The number of aryl methyl sites for hydroxylation is 1. The molecule has 0 amide bonds. The number of rotatable bonds is 3. The highest BCUT2D eigenvalue weighted by Gasteiger charge is 2.09. The van der Waals surface area contributed by atoms with Crippen LogP contribution in [0.5, 0.6) is 0 Å². The van der Waals surface area contributed by atoms with E-state index in [0.717, 1.165) is 16.8 Å². The summed E-state index contributed by atoms with van der Waals surface area (Å²) in [5.74, 6) is -0.295. The molecule has 0 aliphatic rings. The predicted octanol–water partition coefficient (Wildman–Crippen LogP) is 5.32. The van der Waals surface area contributed by atoms with E-state index in [1.807, 2.05) is 36.6 Å². The normalized spacial score (nSPS) is 11.3. The monoisotopic (exact) mass is 320 g/mol. The van der Waals surface area contributed by atoms with Gasteiger partial charge in [-0.15, -0.1) is 11.3 Å². The van der Waals surface area contributed by atoms with Crippen LogP contribution >= 0.6 is 11.3 Å². The summed E-state index contributed by atoms with van der Waals surface area (Å²) in [6.07, 6.45) is 1.72. The first-order valence-electron chi connectivity index (χ1n) is 7.06. The SMILES string of the molecule is Cc1ccc(-c2csc(C(C#N)=Cc3ccc(F)cc3)n2)cc1. The van der Waals surface area contributed by atoms with E-state index in [-0.39, 0.29) is 5.82 Å². The molecule has 112 valence electrons. The molecule has 0 aliphatic carbocycles. The highest BCUT2D eigenvalue weighted by Crippen LogP contribution is 2.27. The number of hydrogen-bond acceptors (Lipinski definition) is 3. The zero-order chi connectivity index (χ0) is 16.2. The first-order valence-corrected chi connectivity index (χ1v) is 7.94. The van der Waals surface area contributed by atoms with E-state index in [0.29, 0.717) is 10.6 Å². The minimum Gasteiger partial charge on any atom is -0.235 e. The topological polar surface area (TPSA) is 36.7 Å². The molecule has 3 rings (SSSR count). The second-order valence-corrected chi connectivity index (χ2v) is 5.98. The second kappa shape index (κ2) is 6.55. The van der Waals surface area contributed by atoms with Gasteiger partial charge >= 0.3 is 0 Å². The molecule has 0 N–H and O–H groups in total. The van der Waals surface area contributed by atoms with Crippen molar-refractivity contribution in [2.75, 3.05) is 0 Å². The van der Waals surface area contributed by atoms with Gasteiger partial charge in [-0.1, -0.05) is 42.0 Å². The molecular weight excluding hydrogens is 307 g/mol. The number of aromatic nitrogens is 1. The number of benzene rings is 2. The van der Waals surface area contributed by atoms with Crippen molar-refractivity contribution < 1.29 is 4.39 Å². The number of allylic oxidation sites excluding steroid dienone is 1. The summed E-state index contributed by atoms with van der Waals surface area (Å²) in [6.45, 7) is 2.04. The van der Waals surface area contributed by atoms with Crippen LogP contribution in [-0.4, -0.2) is 4.98 Å². The van der Waals surface area contributed by atoms with Crippen LogP contribution < -0.4 is 0 Å². The Morgan fingerprint density at radius 3 is 2.48 bits per heavy atom. The van der Waals surface area contributed by atoms with Gasteiger partial charge in [0, 0.05) is 10.9 Å². The van der Waals surface area contributed by atoms with Gasteiger partial charge in [0.05, 0.1) is 11.3 Å². The van der Waals surface area contributed by atoms with Crippen LogP contribution in [0.4, 0.5) is 4.39 Å². The van der Waals surface area contributed by atoms with Crippen LogP contribution in [0.15, 0.2) is 53.9 Å². The van der Waals surface area contributed by atoms with Crippen molar-refractivity contribution >= 4 is 23.0 Å². The zero-order valence-corrected chi connectivity index (χ0v) is 13.3. The molecule has 0 atom stereocenters. The molecule has 0 fully saturated rings. The molecule has 2 aromatic carbocycles. The smallest absolute Gasteiger partial charge is 0.134 e. The largest absolute Gasteiger partial charge is 0.235 e. The number of nitriles is 1. The number of halogens is 1. The molecule has 4 heteroatoms. The summed E-state index contributed by atoms with van der Waals surface area (Å²) in [6, 6.07) is 16.3. The van der Waals surface area contributed by atoms with Crippen LogP contribution in [0, 0.1) is 24.1 Å². The Balaban J connectivity index is 1.92. The predicted molar refractivity (Wildman–Crippen MR) is 92.2 cm³/mol. The van der Waals surface area contributed by atoms with E-state index in [1.54, 1.807) is 18.2 Å². The average molecular weight is 320 g/mol. The van der Waals surface area contributed by atoms with E-state index >= 15 is 0 Å². The van der Waals surface area contributed by atoms with E-state index in [9.17, 15) is 9.65 Å². The van der Waals surface area contributed by atoms with Crippen molar-refractivity contribution in [2.24, 2.45) is 0 Å². The van der Waals surface area contributed by atoms with Crippen molar-refractivity contribution in [1.29, 1.82) is 5.26 Å². The second-order valence-electron chi connectivity index (χ2n) is 5.13. The number of nitrogens with zero attached hydrogens (tertiary/aromatic N) is 2. The highest BCUT2D eigenvalue weighted by molar-refractivity contribution is 7.11. The van der Waals surface area contributed by atoms with Gasteiger partial charge in [0.15, 0.2) is 0 Å². The molecule has 0 unspecified atom stereocenters. The Kier molecular flexibility index (Phi) is 4.31. The van der Waals surface area contributed by atoms with E-state index in [2.05, 4.69) is 11.1 Å². The maximum Gasteiger partial charge on any atom is 0.134 e. The molecule has 1 aromatic heterocycles. The minimum atomic E-state index is -0.295. The molecule has 0 saturated heterocycles. The third-order valence-electron chi connectivity index (χ3n) is 3.38. The van der Waals surface area contributed by atoms with Crippen molar-refractivity contribution in [3.8, 4) is 17.3 Å². The molecule has 0 radical (unpaired) electrons. The first-order chi connectivity index (χ1) is 11.2. The van der Waals surface area contributed by atoms with E-state index < -0.39 is 0 Å². The lowest BCUT2D eigenvalue weighted by Crippen LogP contribution is -1.83. The van der Waals surface area contributed by atoms with Crippen LogP contribution in [0.25, 0.3) is 22.9 Å². The highest BCUT2D eigenvalue weighted by atomic mass is 32.1. The fourth-order valence-corrected chi connectivity index (χ4v) is 2.92. The lowest BCUT2D eigenvalue weighted by Gasteiger charge is -1.98. The lowest BCUT2D eigenvalue weighted by molar-refractivity contribution is 0.628. The van der Waals surface area contributed by atoms with Crippen LogP contribution in [-0.2, 0) is 0 Å². The number of thiazole rings is 1. The standard InChI is InChI=1S/C19H13FN2S/c1-13-2-6-15(7-3-13)18-12-23-19(22-18)16(11-21)10-14-4-8-17(20)9-5-14/h2-10,12H,1H3. The van der Waals surface area contributed by atoms with Crippen molar-refractivity contribution in [1.82, 2.24) is 4.98 Å². The van der Waals surface area contributed by atoms with Gasteiger partial charge in [-0.05, 0) is 30.7 Å². The van der Waals surface area contributed by atoms with Crippen molar-refractivity contribution in [2.45, 2.75) is 6.92 Å². The van der Waals surface area contributed by atoms with E-state index in [1.165, 1.54) is 29.0 Å². The molecule has 23 heavy (non-hydrogen) atoms. The van der Waals surface area contributed by atoms with E-state index in [4.69, 9.17) is 0 Å². The summed E-state index contributed by atoms with van der Waals surface area (Å²) >= 11 is 1.43. The van der Waals surface area contributed by atoms with Gasteiger partial charge in [0.25, 0.3) is 0 Å².